The van der Waals surface area contributed by atoms with E-state index < -0.39 is 30.6 Å². The summed E-state index contributed by atoms with van der Waals surface area (Å²) in [4.78, 5) is 26.8. The van der Waals surface area contributed by atoms with Crippen molar-refractivity contribution in [3.8, 4) is 11.8 Å². The van der Waals surface area contributed by atoms with E-state index in [1.165, 1.54) is 13.4 Å². The molecule has 5 rings (SSSR count). The molecule has 4 atom stereocenters. The molecule has 3 fully saturated rings. The fourth-order valence-electron chi connectivity index (χ4n) is 4.76. The average Bonchev–Trinajstić information content (AvgIpc) is 3.22. The Morgan fingerprint density at radius 1 is 1.29 bits per heavy atom. The number of aliphatic hydroxyl groups excluding tert-OH is 2. The maximum Gasteiger partial charge on any atom is 0.410 e. The molecule has 4 unspecified atom stereocenters. The summed E-state index contributed by atoms with van der Waals surface area (Å²) in [5, 5.41) is 24.5. The second-order valence-electron chi connectivity index (χ2n) is 9.32. The van der Waals surface area contributed by atoms with Crippen LogP contribution >= 0.6 is 0 Å². The first-order valence-electron chi connectivity index (χ1n) is 12.0. The maximum atomic E-state index is 12.2. The van der Waals surface area contributed by atoms with Crippen LogP contribution in [0.5, 0.6) is 0 Å². The summed E-state index contributed by atoms with van der Waals surface area (Å²) < 4.78 is 12.4. The molecular formula is C23H31N7O5. The van der Waals surface area contributed by atoms with Gasteiger partial charge in [-0.3, -0.25) is 9.47 Å². The lowest BCUT2D eigenvalue weighted by atomic mass is 10.1. The number of aliphatic hydroxyl groups is 2. The van der Waals surface area contributed by atoms with Crippen molar-refractivity contribution in [1.29, 1.82) is 0 Å². The number of hydrogen-bond acceptors (Lipinski definition) is 10. The normalized spacial score (nSPS) is 26.6. The third-order valence-electron chi connectivity index (χ3n) is 6.87. The monoisotopic (exact) mass is 485 g/mol. The molecule has 0 bridgehead atoms. The number of methoxy groups -OCH3 is 1. The zero-order valence-corrected chi connectivity index (χ0v) is 19.6. The van der Waals surface area contributed by atoms with Crippen LogP contribution in [-0.2, 0) is 9.47 Å². The van der Waals surface area contributed by atoms with Crippen molar-refractivity contribution in [3.63, 3.8) is 0 Å². The molecule has 188 valence electrons. The van der Waals surface area contributed by atoms with Gasteiger partial charge in [-0.15, -0.1) is 0 Å². The maximum absolute atomic E-state index is 12.2. The minimum atomic E-state index is -1.16. The highest BCUT2D eigenvalue weighted by atomic mass is 16.6. The SMILES string of the molecule is COC(=O)N(CC#Cc1nc(N)c2ncn(C3OC(CNC4CC4)C(O)C3O)c2n1)C1CCCC1. The largest absolute Gasteiger partial charge is 0.453 e. The van der Waals surface area contributed by atoms with Gasteiger partial charge < -0.3 is 30.7 Å². The summed E-state index contributed by atoms with van der Waals surface area (Å²) in [6.45, 7) is 0.627. The molecule has 2 aromatic rings. The minimum Gasteiger partial charge on any atom is -0.453 e. The first-order valence-corrected chi connectivity index (χ1v) is 12.0. The van der Waals surface area contributed by atoms with E-state index in [2.05, 4.69) is 32.1 Å². The van der Waals surface area contributed by atoms with Gasteiger partial charge in [0.05, 0.1) is 20.0 Å². The average molecular weight is 486 g/mol. The molecule has 3 heterocycles. The fraction of sp³-hybridized carbons (Fsp3) is 0.652. The molecule has 2 saturated carbocycles. The number of imidazole rings is 1. The highest BCUT2D eigenvalue weighted by Gasteiger charge is 2.44. The summed E-state index contributed by atoms with van der Waals surface area (Å²) in [7, 11) is 1.36. The number of rotatable bonds is 6. The van der Waals surface area contributed by atoms with E-state index in [1.807, 2.05) is 0 Å². The van der Waals surface area contributed by atoms with Gasteiger partial charge in [0.1, 0.15) is 23.8 Å². The number of carbonyl (C=O) groups is 1. The molecule has 5 N–H and O–H groups in total. The number of nitrogen functional groups attached to an aromatic ring is 1. The Bertz CT molecular complexity index is 1130. The lowest BCUT2D eigenvalue weighted by molar-refractivity contribution is -0.0342. The number of nitrogens with one attached hydrogen (secondary N) is 1. The van der Waals surface area contributed by atoms with Crippen LogP contribution in [0.3, 0.4) is 0 Å². The van der Waals surface area contributed by atoms with Crippen molar-refractivity contribution in [2.45, 2.75) is 75.1 Å². The molecule has 1 amide bonds. The predicted octanol–water partition coefficient (Wildman–Crippen LogP) is 0.142. The lowest BCUT2D eigenvalue weighted by Crippen LogP contribution is -2.39. The Balaban J connectivity index is 1.36. The van der Waals surface area contributed by atoms with E-state index in [-0.39, 0.29) is 24.2 Å². The van der Waals surface area contributed by atoms with Crippen molar-refractivity contribution < 1.29 is 24.5 Å². The molecule has 0 aromatic carbocycles. The third kappa shape index (κ3) is 4.90. The van der Waals surface area contributed by atoms with E-state index >= 15 is 0 Å². The Morgan fingerprint density at radius 3 is 2.77 bits per heavy atom. The molecule has 12 nitrogen and oxygen atoms in total. The summed E-state index contributed by atoms with van der Waals surface area (Å²) in [6, 6.07) is 0.565. The zero-order chi connectivity index (χ0) is 24.5. The number of nitrogens with two attached hydrogens (primary N) is 1. The highest BCUT2D eigenvalue weighted by molar-refractivity contribution is 5.82. The van der Waals surface area contributed by atoms with Gasteiger partial charge in [0.15, 0.2) is 17.7 Å². The van der Waals surface area contributed by atoms with Gasteiger partial charge in [0.25, 0.3) is 0 Å². The van der Waals surface area contributed by atoms with Crippen molar-refractivity contribution >= 4 is 23.1 Å². The number of aromatic nitrogens is 4. The molecular weight excluding hydrogens is 454 g/mol. The Kier molecular flexibility index (Phi) is 6.75. The van der Waals surface area contributed by atoms with Crippen LogP contribution in [0.25, 0.3) is 11.2 Å². The second kappa shape index (κ2) is 9.94. The van der Waals surface area contributed by atoms with Crippen molar-refractivity contribution in [2.75, 3.05) is 25.9 Å². The molecule has 2 aliphatic carbocycles. The van der Waals surface area contributed by atoms with Gasteiger partial charge in [-0.1, -0.05) is 18.8 Å². The number of nitrogens with zero attached hydrogens (tertiary/aromatic N) is 5. The molecule has 1 aliphatic heterocycles. The third-order valence-corrected chi connectivity index (χ3v) is 6.87. The van der Waals surface area contributed by atoms with Crippen molar-refractivity contribution in [1.82, 2.24) is 29.7 Å². The van der Waals surface area contributed by atoms with Gasteiger partial charge >= 0.3 is 6.09 Å². The standard InChI is InChI=1S/C23H31N7O5/c1-34-23(33)29(14-5-2-3-6-14)10-4-7-16-27-20(24)17-21(28-16)30(12-26-17)22-19(32)18(31)15(35-22)11-25-13-8-9-13/h12-15,18-19,22,25,31-32H,2-3,5-6,8-11H2,1H3,(H2,24,27,28). The number of hydrogen-bond donors (Lipinski definition) is 4. The smallest absolute Gasteiger partial charge is 0.410 e. The van der Waals surface area contributed by atoms with E-state index in [0.29, 0.717) is 23.8 Å². The molecule has 2 aromatic heterocycles. The second-order valence-corrected chi connectivity index (χ2v) is 9.32. The van der Waals surface area contributed by atoms with Gasteiger partial charge in [0.2, 0.25) is 5.82 Å². The summed E-state index contributed by atoms with van der Waals surface area (Å²) in [6.07, 6.45) is 3.63. The van der Waals surface area contributed by atoms with Crippen LogP contribution in [0.15, 0.2) is 6.33 Å². The first kappa shape index (κ1) is 23.7. The van der Waals surface area contributed by atoms with Gasteiger partial charge in [-0.2, -0.15) is 0 Å². The molecule has 1 saturated heterocycles. The molecule has 0 radical (unpaired) electrons. The van der Waals surface area contributed by atoms with Crippen LogP contribution in [0.4, 0.5) is 10.6 Å². The number of ether oxygens (including phenoxy) is 2. The number of carbonyl (C=O) groups excluding carboxylic acids is 1. The van der Waals surface area contributed by atoms with Crippen LogP contribution in [0.1, 0.15) is 50.6 Å². The van der Waals surface area contributed by atoms with E-state index in [0.717, 1.165) is 38.5 Å². The van der Waals surface area contributed by atoms with Crippen LogP contribution in [-0.4, -0.2) is 91.3 Å². The molecule has 3 aliphatic rings. The first-order chi connectivity index (χ1) is 17.0. The van der Waals surface area contributed by atoms with Crippen molar-refractivity contribution in [3.05, 3.63) is 12.2 Å². The molecule has 0 spiro atoms. The van der Waals surface area contributed by atoms with Crippen LogP contribution in [0.2, 0.25) is 0 Å². The molecule has 12 heteroatoms. The van der Waals surface area contributed by atoms with Gasteiger partial charge in [0, 0.05) is 18.6 Å². The topological polar surface area (TPSA) is 161 Å². The van der Waals surface area contributed by atoms with Gasteiger partial charge in [-0.05, 0) is 31.6 Å². The number of fused-ring (bicyclic) bond motifs is 1. The van der Waals surface area contributed by atoms with Crippen LogP contribution < -0.4 is 11.1 Å². The predicted molar refractivity (Wildman–Crippen MR) is 125 cm³/mol. The van der Waals surface area contributed by atoms with E-state index in [4.69, 9.17) is 15.2 Å². The Hall–Kier alpha value is -2.98. The van der Waals surface area contributed by atoms with E-state index in [1.54, 1.807) is 9.47 Å². The summed E-state index contributed by atoms with van der Waals surface area (Å²) in [5.74, 6) is 6.14. The van der Waals surface area contributed by atoms with E-state index in [9.17, 15) is 15.0 Å². The Morgan fingerprint density at radius 2 is 2.06 bits per heavy atom. The molecule has 35 heavy (non-hydrogen) atoms. The Labute approximate surface area is 202 Å². The summed E-state index contributed by atoms with van der Waals surface area (Å²) >= 11 is 0. The van der Waals surface area contributed by atoms with Crippen LogP contribution in [0, 0.1) is 11.8 Å². The quantitative estimate of drug-likeness (QED) is 0.414. The fourth-order valence-corrected chi connectivity index (χ4v) is 4.76. The number of anilines is 1. The minimum absolute atomic E-state index is 0.112. The van der Waals surface area contributed by atoms with Crippen molar-refractivity contribution in [2.24, 2.45) is 0 Å². The number of amides is 1. The highest BCUT2D eigenvalue weighted by Crippen LogP contribution is 2.32. The summed E-state index contributed by atoms with van der Waals surface area (Å²) in [5.41, 5.74) is 6.80. The zero-order valence-electron chi connectivity index (χ0n) is 19.6. The van der Waals surface area contributed by atoms with Gasteiger partial charge in [-0.25, -0.2) is 19.7 Å². The lowest BCUT2D eigenvalue weighted by Gasteiger charge is -2.25.